The summed E-state index contributed by atoms with van der Waals surface area (Å²) >= 11 is 0. The van der Waals surface area contributed by atoms with Gasteiger partial charge in [0, 0.05) is 16.7 Å². The molecule has 0 spiro atoms. The lowest BCUT2D eigenvalue weighted by molar-refractivity contribution is 1.18. The van der Waals surface area contributed by atoms with Crippen molar-refractivity contribution in [2.75, 3.05) is 0 Å². The number of benzene rings is 4. The average molecular weight is 396 g/mol. The van der Waals surface area contributed by atoms with Crippen LogP contribution in [0.2, 0.25) is 0 Å². The summed E-state index contributed by atoms with van der Waals surface area (Å²) < 4.78 is 0. The van der Waals surface area contributed by atoms with E-state index >= 15 is 0 Å². The fourth-order valence-corrected chi connectivity index (χ4v) is 3.67. The minimum absolute atomic E-state index is 0.737. The van der Waals surface area contributed by atoms with Gasteiger partial charge in [0.1, 0.15) is 7.85 Å². The Bertz CT molecular complexity index is 1310. The molecule has 31 heavy (non-hydrogen) atoms. The minimum atomic E-state index is 0.737. The highest BCUT2D eigenvalue weighted by Crippen LogP contribution is 2.29. The van der Waals surface area contributed by atoms with Crippen LogP contribution in [0.5, 0.6) is 0 Å². The molecule has 2 nitrogen and oxygen atoms in total. The Morgan fingerprint density at radius 1 is 0.419 bits per heavy atom. The number of nitrogens with zero attached hydrogens (tertiary/aromatic N) is 2. The first-order valence-electron chi connectivity index (χ1n) is 10.4. The molecule has 0 atom stereocenters. The van der Waals surface area contributed by atoms with Gasteiger partial charge in [-0.1, -0.05) is 109 Å². The van der Waals surface area contributed by atoms with Gasteiger partial charge in [0.2, 0.25) is 0 Å². The topological polar surface area (TPSA) is 25.8 Å². The quantitative estimate of drug-likeness (QED) is 0.380. The van der Waals surface area contributed by atoms with E-state index in [0.29, 0.717) is 0 Å². The molecule has 1 heterocycles. The fourth-order valence-electron chi connectivity index (χ4n) is 3.67. The number of hydrogen-bond donors (Lipinski definition) is 0. The molecule has 0 saturated heterocycles. The summed E-state index contributed by atoms with van der Waals surface area (Å²) in [5, 5.41) is 0. The van der Waals surface area contributed by atoms with Crippen molar-refractivity contribution in [3.8, 4) is 45.0 Å². The van der Waals surface area contributed by atoms with E-state index in [9.17, 15) is 0 Å². The van der Waals surface area contributed by atoms with Crippen molar-refractivity contribution in [3.63, 3.8) is 0 Å². The zero-order valence-electron chi connectivity index (χ0n) is 17.4. The van der Waals surface area contributed by atoms with Crippen LogP contribution in [-0.4, -0.2) is 17.8 Å². The minimum Gasteiger partial charge on any atom is -0.228 e. The van der Waals surface area contributed by atoms with Crippen molar-refractivity contribution in [3.05, 3.63) is 115 Å². The summed E-state index contributed by atoms with van der Waals surface area (Å²) in [7, 11) is 2.09. The van der Waals surface area contributed by atoms with Gasteiger partial charge in [-0.15, -0.1) is 0 Å². The predicted octanol–water partition coefficient (Wildman–Crippen LogP) is 5.40. The van der Waals surface area contributed by atoms with E-state index < -0.39 is 0 Å². The Kier molecular flexibility index (Phi) is 5.16. The molecule has 0 N–H and O–H groups in total. The number of rotatable bonds is 4. The predicted molar refractivity (Wildman–Crippen MR) is 132 cm³/mol. The molecule has 0 amide bonds. The van der Waals surface area contributed by atoms with Crippen molar-refractivity contribution in [1.82, 2.24) is 9.97 Å². The molecular formula is C28H21BN2. The summed E-state index contributed by atoms with van der Waals surface area (Å²) in [5.41, 5.74) is 8.61. The molecule has 0 unspecified atom stereocenters. The van der Waals surface area contributed by atoms with Crippen molar-refractivity contribution in [2.45, 2.75) is 0 Å². The second kappa shape index (κ2) is 8.41. The lowest BCUT2D eigenvalue weighted by atomic mass is 9.95. The summed E-state index contributed by atoms with van der Waals surface area (Å²) in [6.07, 6.45) is 0. The number of aromatic nitrogens is 2. The molecule has 0 aliphatic carbocycles. The van der Waals surface area contributed by atoms with Crippen molar-refractivity contribution in [2.24, 2.45) is 0 Å². The van der Waals surface area contributed by atoms with Gasteiger partial charge >= 0.3 is 0 Å². The van der Waals surface area contributed by atoms with Crippen LogP contribution in [0.25, 0.3) is 45.0 Å². The first-order valence-corrected chi connectivity index (χ1v) is 10.4. The molecule has 146 valence electrons. The van der Waals surface area contributed by atoms with Crippen molar-refractivity contribution in [1.29, 1.82) is 0 Å². The van der Waals surface area contributed by atoms with Crippen LogP contribution in [0.4, 0.5) is 0 Å². The molecule has 0 bridgehead atoms. The molecule has 0 aliphatic rings. The first kappa shape index (κ1) is 19.0. The summed E-state index contributed by atoms with van der Waals surface area (Å²) in [5.74, 6) is 0.737. The Morgan fingerprint density at radius 3 is 1.65 bits per heavy atom. The van der Waals surface area contributed by atoms with Gasteiger partial charge in [0.15, 0.2) is 5.82 Å². The smallest absolute Gasteiger partial charge is 0.160 e. The third-order valence-electron chi connectivity index (χ3n) is 5.37. The van der Waals surface area contributed by atoms with E-state index in [0.717, 1.165) is 33.9 Å². The van der Waals surface area contributed by atoms with Crippen LogP contribution in [0.3, 0.4) is 0 Å². The highest BCUT2D eigenvalue weighted by molar-refractivity contribution is 6.32. The third-order valence-corrected chi connectivity index (χ3v) is 5.37. The average Bonchev–Trinajstić information content (AvgIpc) is 2.85. The first-order chi connectivity index (χ1) is 15.3. The van der Waals surface area contributed by atoms with Crippen LogP contribution >= 0.6 is 0 Å². The van der Waals surface area contributed by atoms with Gasteiger partial charge in [-0.2, -0.15) is 0 Å². The Morgan fingerprint density at radius 2 is 0.968 bits per heavy atom. The zero-order valence-corrected chi connectivity index (χ0v) is 17.4. The lowest BCUT2D eigenvalue weighted by Gasteiger charge is -2.11. The lowest BCUT2D eigenvalue weighted by Crippen LogP contribution is -2.01. The third kappa shape index (κ3) is 4.17. The van der Waals surface area contributed by atoms with Crippen molar-refractivity contribution >= 4 is 13.3 Å². The van der Waals surface area contributed by atoms with Crippen molar-refractivity contribution < 1.29 is 0 Å². The summed E-state index contributed by atoms with van der Waals surface area (Å²) in [4.78, 5) is 9.85. The highest BCUT2D eigenvalue weighted by Gasteiger charge is 2.11. The van der Waals surface area contributed by atoms with Crippen LogP contribution in [0.15, 0.2) is 115 Å². The zero-order chi connectivity index (χ0) is 21.0. The SMILES string of the molecule is Bc1ccc(-c2nc(-c3ccccc3)cc(-c3cccc(-c4ccccc4)c3)n2)cc1. The van der Waals surface area contributed by atoms with Gasteiger partial charge in [0.25, 0.3) is 0 Å². The maximum absolute atomic E-state index is 4.95. The van der Waals surface area contributed by atoms with E-state index in [2.05, 4.69) is 98.8 Å². The second-order valence-electron chi connectivity index (χ2n) is 7.64. The summed E-state index contributed by atoms with van der Waals surface area (Å²) in [6, 6.07) is 39.7. The summed E-state index contributed by atoms with van der Waals surface area (Å²) in [6.45, 7) is 0. The van der Waals surface area contributed by atoms with E-state index in [-0.39, 0.29) is 0 Å². The van der Waals surface area contributed by atoms with Crippen LogP contribution in [-0.2, 0) is 0 Å². The van der Waals surface area contributed by atoms with Gasteiger partial charge in [0.05, 0.1) is 11.4 Å². The maximum atomic E-state index is 4.95. The Labute approximate surface area is 183 Å². The molecule has 5 aromatic rings. The van der Waals surface area contributed by atoms with Gasteiger partial charge < -0.3 is 0 Å². The number of hydrogen-bond acceptors (Lipinski definition) is 2. The molecular weight excluding hydrogens is 375 g/mol. The molecule has 1 aromatic heterocycles. The maximum Gasteiger partial charge on any atom is 0.160 e. The highest BCUT2D eigenvalue weighted by atomic mass is 14.9. The molecule has 4 aromatic carbocycles. The normalized spacial score (nSPS) is 10.7. The standard InChI is InChI=1S/C28H21BN2/c29-25-16-14-22(15-17-25)28-30-26(21-10-5-2-6-11-21)19-27(31-28)24-13-7-12-23(18-24)20-8-3-1-4-9-20/h1-19H,29H2. The Balaban J connectivity index is 1.66. The molecule has 5 rings (SSSR count). The van der Waals surface area contributed by atoms with E-state index in [1.165, 1.54) is 16.6 Å². The van der Waals surface area contributed by atoms with Gasteiger partial charge in [-0.3, -0.25) is 0 Å². The molecule has 0 saturated carbocycles. The molecule has 0 fully saturated rings. The molecule has 3 heteroatoms. The second-order valence-corrected chi connectivity index (χ2v) is 7.64. The van der Waals surface area contributed by atoms with Crippen LogP contribution in [0.1, 0.15) is 0 Å². The molecule has 0 radical (unpaired) electrons. The molecule has 0 aliphatic heterocycles. The van der Waals surface area contributed by atoms with Crippen LogP contribution in [0, 0.1) is 0 Å². The monoisotopic (exact) mass is 396 g/mol. The van der Waals surface area contributed by atoms with E-state index in [4.69, 9.17) is 9.97 Å². The Hall–Kier alpha value is -3.98. The fraction of sp³-hybridized carbons (Fsp3) is 0. The van der Waals surface area contributed by atoms with Crippen LogP contribution < -0.4 is 5.46 Å². The van der Waals surface area contributed by atoms with Gasteiger partial charge in [-0.05, 0) is 23.3 Å². The van der Waals surface area contributed by atoms with E-state index in [1.54, 1.807) is 0 Å². The van der Waals surface area contributed by atoms with Gasteiger partial charge in [-0.25, -0.2) is 9.97 Å². The largest absolute Gasteiger partial charge is 0.228 e. The van der Waals surface area contributed by atoms with E-state index in [1.807, 2.05) is 24.3 Å².